The van der Waals surface area contributed by atoms with Crippen LogP contribution in [-0.2, 0) is 9.84 Å². The summed E-state index contributed by atoms with van der Waals surface area (Å²) < 4.78 is 48.5. The summed E-state index contributed by atoms with van der Waals surface area (Å²) in [5.74, 6) is -3.42. The van der Waals surface area contributed by atoms with E-state index in [9.17, 15) is 17.2 Å². The first-order valence-electron chi connectivity index (χ1n) is 6.11. The third-order valence-electron chi connectivity index (χ3n) is 3.35. The maximum atomic E-state index is 12.7. The van der Waals surface area contributed by atoms with Gasteiger partial charge in [0.25, 0.3) is 0 Å². The van der Waals surface area contributed by atoms with Crippen molar-refractivity contribution in [2.24, 2.45) is 0 Å². The van der Waals surface area contributed by atoms with Crippen LogP contribution in [-0.4, -0.2) is 45.3 Å². The summed E-state index contributed by atoms with van der Waals surface area (Å²) in [7, 11) is -0.820. The second-order valence-electron chi connectivity index (χ2n) is 5.36. The van der Waals surface area contributed by atoms with Crippen LogP contribution in [0.3, 0.4) is 0 Å². The Labute approximate surface area is 118 Å². The summed E-state index contributed by atoms with van der Waals surface area (Å²) in [6.45, 7) is 4.35. The lowest BCUT2D eigenvalue weighted by Crippen LogP contribution is -2.44. The Kier molecular flexibility index (Phi) is 5.10. The minimum absolute atomic E-state index is 0.197. The van der Waals surface area contributed by atoms with Crippen molar-refractivity contribution in [1.29, 1.82) is 0 Å². The second-order valence-corrected chi connectivity index (χ2v) is 7.25. The van der Waals surface area contributed by atoms with Crippen molar-refractivity contribution in [3.8, 4) is 0 Å². The molecule has 7 heteroatoms. The van der Waals surface area contributed by atoms with Gasteiger partial charge in [0, 0.05) is 12.1 Å². The average Bonchev–Trinajstić information content (AvgIpc) is 2.36. The second kappa shape index (κ2) is 6.05. The third kappa shape index (κ3) is 3.67. The van der Waals surface area contributed by atoms with E-state index in [4.69, 9.17) is 0 Å². The highest BCUT2D eigenvalue weighted by Gasteiger charge is 2.29. The molecule has 0 bridgehead atoms. The van der Waals surface area contributed by atoms with Gasteiger partial charge in [-0.25, -0.2) is 8.42 Å². The van der Waals surface area contributed by atoms with Gasteiger partial charge in [-0.2, -0.15) is 8.78 Å². The molecule has 114 valence electrons. The number of nitrogens with zero attached hydrogens (tertiary/aromatic N) is 1. The fourth-order valence-electron chi connectivity index (χ4n) is 1.43. The fourth-order valence-corrected chi connectivity index (χ4v) is 2.33. The van der Waals surface area contributed by atoms with Crippen LogP contribution in [0.5, 0.6) is 0 Å². The minimum Gasteiger partial charge on any atom is -0.382 e. The molecule has 0 amide bonds. The largest absolute Gasteiger partial charge is 0.382 e. The van der Waals surface area contributed by atoms with Gasteiger partial charge in [0.1, 0.15) is 0 Å². The zero-order valence-electron chi connectivity index (χ0n) is 12.0. The van der Waals surface area contributed by atoms with Crippen molar-refractivity contribution < 1.29 is 17.2 Å². The van der Waals surface area contributed by atoms with Gasteiger partial charge in [-0.1, -0.05) is 12.1 Å². The van der Waals surface area contributed by atoms with Crippen LogP contribution >= 0.6 is 0 Å². The number of halogens is 2. The summed E-state index contributed by atoms with van der Waals surface area (Å²) in [5, 5.41) is 2.94. The molecule has 0 aliphatic carbocycles. The lowest BCUT2D eigenvalue weighted by Gasteiger charge is -2.33. The molecule has 0 aromatic heterocycles. The highest BCUT2D eigenvalue weighted by Crippen LogP contribution is 2.26. The van der Waals surface area contributed by atoms with E-state index in [-0.39, 0.29) is 16.1 Å². The van der Waals surface area contributed by atoms with Crippen molar-refractivity contribution in [3.05, 3.63) is 24.3 Å². The van der Waals surface area contributed by atoms with Gasteiger partial charge in [-0.05, 0) is 40.1 Å². The van der Waals surface area contributed by atoms with Crippen LogP contribution in [0.4, 0.5) is 14.5 Å². The van der Waals surface area contributed by atoms with Crippen LogP contribution in [0.25, 0.3) is 0 Å². The third-order valence-corrected chi connectivity index (χ3v) is 4.79. The Hall–Kier alpha value is -1.21. The van der Waals surface area contributed by atoms with E-state index in [1.807, 2.05) is 32.8 Å². The molecule has 1 aromatic rings. The maximum Gasteiger partial charge on any atom is 0.341 e. The van der Waals surface area contributed by atoms with Crippen LogP contribution in [0.1, 0.15) is 13.8 Å². The molecule has 4 nitrogen and oxygen atoms in total. The molecule has 0 saturated heterocycles. The van der Waals surface area contributed by atoms with E-state index in [1.54, 1.807) is 6.07 Å². The number of hydrogen-bond donors (Lipinski definition) is 1. The lowest BCUT2D eigenvalue weighted by atomic mass is 10.0. The van der Waals surface area contributed by atoms with Crippen LogP contribution < -0.4 is 5.32 Å². The molecular formula is C13H20F2N2O2S. The predicted octanol–water partition coefficient (Wildman–Crippen LogP) is 2.44. The molecule has 1 N–H and O–H groups in total. The van der Waals surface area contributed by atoms with Crippen molar-refractivity contribution in [3.63, 3.8) is 0 Å². The number of hydrogen-bond acceptors (Lipinski definition) is 4. The summed E-state index contributed by atoms with van der Waals surface area (Å²) in [6.07, 6.45) is 0. The molecule has 0 aliphatic heterocycles. The van der Waals surface area contributed by atoms with E-state index in [0.29, 0.717) is 6.54 Å². The maximum absolute atomic E-state index is 12.7. The van der Waals surface area contributed by atoms with Crippen LogP contribution in [0.2, 0.25) is 0 Å². The van der Waals surface area contributed by atoms with Gasteiger partial charge >= 0.3 is 5.76 Å². The quantitative estimate of drug-likeness (QED) is 0.877. The Balaban J connectivity index is 3.05. The molecule has 0 fully saturated rings. The van der Waals surface area contributed by atoms with E-state index < -0.39 is 15.6 Å². The first-order chi connectivity index (χ1) is 9.09. The van der Waals surface area contributed by atoms with Gasteiger partial charge in [-0.3, -0.25) is 0 Å². The van der Waals surface area contributed by atoms with Crippen LogP contribution in [0, 0.1) is 0 Å². The zero-order chi connectivity index (χ0) is 15.6. The van der Waals surface area contributed by atoms with E-state index in [2.05, 4.69) is 5.32 Å². The molecule has 0 saturated carbocycles. The Bertz CT molecular complexity index is 557. The Morgan fingerprint density at radius 3 is 2.30 bits per heavy atom. The molecule has 0 spiro atoms. The number of nitrogens with one attached hydrogen (secondary N) is 1. The smallest absolute Gasteiger partial charge is 0.341 e. The van der Waals surface area contributed by atoms with E-state index in [0.717, 1.165) is 0 Å². The first-order valence-corrected chi connectivity index (χ1v) is 7.66. The van der Waals surface area contributed by atoms with Crippen molar-refractivity contribution in [2.75, 3.05) is 26.0 Å². The SMILES string of the molecule is CN(C)C(C)(C)CNc1ccccc1S(=O)(=O)C(F)F. The van der Waals surface area contributed by atoms with Crippen molar-refractivity contribution in [2.45, 2.75) is 30.0 Å². The summed E-state index contributed by atoms with van der Waals surface area (Å²) in [4.78, 5) is 1.59. The summed E-state index contributed by atoms with van der Waals surface area (Å²) in [6, 6.07) is 5.71. The van der Waals surface area contributed by atoms with Gasteiger partial charge < -0.3 is 10.2 Å². The predicted molar refractivity (Wildman–Crippen MR) is 75.9 cm³/mol. The zero-order valence-corrected chi connectivity index (χ0v) is 12.8. The topological polar surface area (TPSA) is 49.4 Å². The molecule has 0 radical (unpaired) electrons. The van der Waals surface area contributed by atoms with Gasteiger partial charge in [0.15, 0.2) is 0 Å². The summed E-state index contributed by atoms with van der Waals surface area (Å²) >= 11 is 0. The normalized spacial score (nSPS) is 13.0. The number of sulfone groups is 1. The minimum atomic E-state index is -4.60. The van der Waals surface area contributed by atoms with Crippen molar-refractivity contribution in [1.82, 2.24) is 4.90 Å². The molecule has 0 aliphatic rings. The Morgan fingerprint density at radius 2 is 1.80 bits per heavy atom. The molecule has 20 heavy (non-hydrogen) atoms. The van der Waals surface area contributed by atoms with Gasteiger partial charge in [-0.15, -0.1) is 0 Å². The molecule has 1 aromatic carbocycles. The van der Waals surface area contributed by atoms with Crippen LogP contribution in [0.15, 0.2) is 29.2 Å². The van der Waals surface area contributed by atoms with Gasteiger partial charge in [0.2, 0.25) is 9.84 Å². The average molecular weight is 306 g/mol. The van der Waals surface area contributed by atoms with E-state index >= 15 is 0 Å². The molecule has 0 unspecified atom stereocenters. The highest BCUT2D eigenvalue weighted by atomic mass is 32.2. The molecule has 0 heterocycles. The fraction of sp³-hybridized carbons (Fsp3) is 0.538. The van der Waals surface area contributed by atoms with Gasteiger partial charge in [0.05, 0.1) is 10.6 Å². The standard InChI is InChI=1S/C13H20F2N2O2S/c1-13(2,17(3)4)9-16-10-7-5-6-8-11(10)20(18,19)12(14)15/h5-8,12,16H,9H2,1-4H3. The monoisotopic (exact) mass is 306 g/mol. The number of alkyl halides is 2. The van der Waals surface area contributed by atoms with E-state index in [1.165, 1.54) is 18.2 Å². The molecule has 0 atom stereocenters. The summed E-state index contributed by atoms with van der Waals surface area (Å²) in [5.41, 5.74) is -0.0513. The number of benzene rings is 1. The Morgan fingerprint density at radius 1 is 1.25 bits per heavy atom. The van der Waals surface area contributed by atoms with Crippen molar-refractivity contribution >= 4 is 15.5 Å². The highest BCUT2D eigenvalue weighted by molar-refractivity contribution is 7.91. The first kappa shape index (κ1) is 16.8. The number of anilines is 1. The number of para-hydroxylation sites is 1. The lowest BCUT2D eigenvalue weighted by molar-refractivity contribution is 0.210. The number of likely N-dealkylation sites (N-methyl/N-ethyl adjacent to an activating group) is 1. The molecule has 1 rings (SSSR count). The molecular weight excluding hydrogens is 286 g/mol. The number of rotatable bonds is 6.